The summed E-state index contributed by atoms with van der Waals surface area (Å²) in [6, 6.07) is 76.2. The molecule has 306 valence electrons. The highest BCUT2D eigenvalue weighted by Crippen LogP contribution is 2.51. The average molecular weight is 832 g/mol. The summed E-state index contributed by atoms with van der Waals surface area (Å²) in [5.41, 5.74) is 17.2. The van der Waals surface area contributed by atoms with Gasteiger partial charge in [-0.3, -0.25) is 0 Å². The smallest absolute Gasteiger partial charge is 0.164 e. The lowest BCUT2D eigenvalue weighted by Gasteiger charge is -2.23. The minimum absolute atomic E-state index is 0.275. The van der Waals surface area contributed by atoms with Crippen LogP contribution in [0.15, 0.2) is 212 Å². The fraction of sp³-hybridized carbons (Fsp3) is 0.0500. The second-order valence-corrected chi connectivity index (χ2v) is 17.7. The van der Waals surface area contributed by atoms with E-state index in [9.17, 15) is 0 Å². The van der Waals surface area contributed by atoms with Gasteiger partial charge in [-0.05, 0) is 100 Å². The molecule has 0 N–H and O–H groups in total. The number of hydrogen-bond acceptors (Lipinski definition) is 3. The van der Waals surface area contributed by atoms with Crippen LogP contribution in [-0.2, 0) is 5.41 Å². The van der Waals surface area contributed by atoms with Gasteiger partial charge in [-0.15, -0.1) is 0 Å². The maximum Gasteiger partial charge on any atom is 0.164 e. The molecule has 65 heavy (non-hydrogen) atoms. The summed E-state index contributed by atoms with van der Waals surface area (Å²) >= 11 is 0. The predicted octanol–water partition coefficient (Wildman–Crippen LogP) is 15.0. The SMILES string of the molecule is CC1(C)c2cc(-c3nc(-c4ccccc4)nc(-c4ccccc4)n3)ccc2-c2ccc(-n3c4ccccc4c4cc(-c5ccc6c(c5)c5ccccc5n6-c5ccccc5)ccc43)cc21. The van der Waals surface area contributed by atoms with Crippen LogP contribution in [0.1, 0.15) is 25.0 Å². The minimum Gasteiger partial charge on any atom is -0.309 e. The Morgan fingerprint density at radius 2 is 0.723 bits per heavy atom. The van der Waals surface area contributed by atoms with Crippen molar-refractivity contribution < 1.29 is 0 Å². The van der Waals surface area contributed by atoms with Crippen LogP contribution in [-0.4, -0.2) is 24.1 Å². The maximum atomic E-state index is 5.06. The van der Waals surface area contributed by atoms with Gasteiger partial charge in [0.2, 0.25) is 0 Å². The highest BCUT2D eigenvalue weighted by molar-refractivity contribution is 6.12. The van der Waals surface area contributed by atoms with Crippen molar-refractivity contribution in [2.24, 2.45) is 0 Å². The molecule has 12 aromatic rings. The summed E-state index contributed by atoms with van der Waals surface area (Å²) in [5, 5.41) is 4.98. The molecule has 0 bridgehead atoms. The summed E-state index contributed by atoms with van der Waals surface area (Å²) in [4.78, 5) is 15.1. The van der Waals surface area contributed by atoms with Crippen LogP contribution in [0.3, 0.4) is 0 Å². The molecule has 0 aliphatic heterocycles. The van der Waals surface area contributed by atoms with Crippen LogP contribution >= 0.6 is 0 Å². The fourth-order valence-electron chi connectivity index (χ4n) is 10.4. The van der Waals surface area contributed by atoms with Crippen LogP contribution in [0, 0.1) is 0 Å². The van der Waals surface area contributed by atoms with Crippen molar-refractivity contribution in [3.8, 4) is 67.8 Å². The summed E-state index contributed by atoms with van der Waals surface area (Å²) in [6.07, 6.45) is 0. The topological polar surface area (TPSA) is 48.5 Å². The van der Waals surface area contributed by atoms with E-state index in [0.717, 1.165) is 22.4 Å². The Morgan fingerprint density at radius 3 is 1.28 bits per heavy atom. The molecule has 0 unspecified atom stereocenters. The molecule has 5 heteroatoms. The molecule has 0 fully saturated rings. The van der Waals surface area contributed by atoms with Gasteiger partial charge in [0.15, 0.2) is 17.5 Å². The van der Waals surface area contributed by atoms with Crippen molar-refractivity contribution in [3.05, 3.63) is 223 Å². The lowest BCUT2D eigenvalue weighted by molar-refractivity contribution is 0.660. The molecule has 1 aliphatic rings. The molecule has 0 radical (unpaired) electrons. The van der Waals surface area contributed by atoms with Crippen LogP contribution in [0.2, 0.25) is 0 Å². The fourth-order valence-corrected chi connectivity index (χ4v) is 10.4. The van der Waals surface area contributed by atoms with Gasteiger partial charge in [-0.1, -0.05) is 159 Å². The first kappa shape index (κ1) is 37.2. The zero-order valence-corrected chi connectivity index (χ0v) is 35.9. The van der Waals surface area contributed by atoms with Crippen LogP contribution in [0.25, 0.3) is 111 Å². The molecule has 3 aromatic heterocycles. The van der Waals surface area contributed by atoms with Crippen LogP contribution in [0.4, 0.5) is 0 Å². The Labute approximate surface area is 376 Å². The Kier molecular flexibility index (Phi) is 8.18. The quantitative estimate of drug-likeness (QED) is 0.168. The lowest BCUT2D eigenvalue weighted by atomic mass is 9.82. The van der Waals surface area contributed by atoms with Gasteiger partial charge >= 0.3 is 0 Å². The van der Waals surface area contributed by atoms with Crippen molar-refractivity contribution in [2.75, 3.05) is 0 Å². The van der Waals surface area contributed by atoms with E-state index in [1.54, 1.807) is 0 Å². The number of nitrogens with zero attached hydrogens (tertiary/aromatic N) is 5. The van der Waals surface area contributed by atoms with Crippen molar-refractivity contribution in [2.45, 2.75) is 19.3 Å². The summed E-state index contributed by atoms with van der Waals surface area (Å²) in [5.74, 6) is 1.98. The molecule has 1 aliphatic carbocycles. The van der Waals surface area contributed by atoms with Crippen molar-refractivity contribution in [1.29, 1.82) is 0 Å². The number of rotatable bonds is 6. The zero-order valence-electron chi connectivity index (χ0n) is 35.9. The standard InChI is InChI=1S/C60H41N5/c1-60(2)51-36-42(59-62-57(38-16-6-3-7-17-38)61-58(63-59)39-18-8-4-9-19-39)26-30-45(51)46-31-29-44(37-52(46)60)65-54-25-15-13-23-48(54)50-35-41(28-33-56(50)65)40-27-32-55-49(34-40)47-22-12-14-24-53(47)64(55)43-20-10-5-11-21-43/h3-37H,1-2H3. The third-order valence-electron chi connectivity index (χ3n) is 13.6. The Balaban J connectivity index is 0.900. The van der Waals surface area contributed by atoms with E-state index in [4.69, 9.17) is 15.0 Å². The molecule has 13 rings (SSSR count). The molecule has 5 nitrogen and oxygen atoms in total. The third kappa shape index (κ3) is 5.82. The van der Waals surface area contributed by atoms with Crippen LogP contribution in [0.5, 0.6) is 0 Å². The number of aromatic nitrogens is 5. The van der Waals surface area contributed by atoms with Crippen molar-refractivity contribution in [1.82, 2.24) is 24.1 Å². The molecule has 0 atom stereocenters. The monoisotopic (exact) mass is 831 g/mol. The van der Waals surface area contributed by atoms with E-state index < -0.39 is 0 Å². The number of benzene rings is 9. The number of hydrogen-bond donors (Lipinski definition) is 0. The van der Waals surface area contributed by atoms with Gasteiger partial charge in [-0.25, -0.2) is 15.0 Å². The lowest BCUT2D eigenvalue weighted by Crippen LogP contribution is -2.15. The second-order valence-electron chi connectivity index (χ2n) is 17.7. The zero-order chi connectivity index (χ0) is 43.2. The van der Waals surface area contributed by atoms with E-state index >= 15 is 0 Å². The van der Waals surface area contributed by atoms with Gasteiger partial charge < -0.3 is 9.13 Å². The summed E-state index contributed by atoms with van der Waals surface area (Å²) < 4.78 is 4.82. The van der Waals surface area contributed by atoms with E-state index in [-0.39, 0.29) is 5.41 Å². The van der Waals surface area contributed by atoms with Crippen molar-refractivity contribution in [3.63, 3.8) is 0 Å². The summed E-state index contributed by atoms with van der Waals surface area (Å²) in [7, 11) is 0. The normalized spacial score (nSPS) is 12.9. The predicted molar refractivity (Wildman–Crippen MR) is 268 cm³/mol. The van der Waals surface area contributed by atoms with Gasteiger partial charge in [0.05, 0.1) is 22.1 Å². The number of para-hydroxylation sites is 3. The van der Waals surface area contributed by atoms with E-state index in [0.29, 0.717) is 17.5 Å². The second kappa shape index (κ2) is 14.3. The van der Waals surface area contributed by atoms with Gasteiger partial charge in [-0.2, -0.15) is 0 Å². The van der Waals surface area contributed by atoms with Gasteiger partial charge in [0, 0.05) is 55.0 Å². The highest BCUT2D eigenvalue weighted by atomic mass is 15.0. The molecule has 3 heterocycles. The molecule has 0 spiro atoms. The first-order valence-electron chi connectivity index (χ1n) is 22.3. The number of fused-ring (bicyclic) bond motifs is 9. The van der Waals surface area contributed by atoms with E-state index in [2.05, 4.69) is 199 Å². The summed E-state index contributed by atoms with van der Waals surface area (Å²) in [6.45, 7) is 4.69. The minimum atomic E-state index is -0.275. The first-order chi connectivity index (χ1) is 32.0. The van der Waals surface area contributed by atoms with Gasteiger partial charge in [0.25, 0.3) is 0 Å². The molecule has 0 saturated carbocycles. The Hall–Kier alpha value is -8.41. The Morgan fingerprint density at radius 1 is 0.308 bits per heavy atom. The molecular weight excluding hydrogens is 791 g/mol. The Bertz CT molecular complexity index is 3790. The first-order valence-corrected chi connectivity index (χ1v) is 22.3. The van der Waals surface area contributed by atoms with Gasteiger partial charge in [0.1, 0.15) is 0 Å². The van der Waals surface area contributed by atoms with Crippen molar-refractivity contribution >= 4 is 43.6 Å². The van der Waals surface area contributed by atoms with Crippen LogP contribution < -0.4 is 0 Å². The molecule has 9 aromatic carbocycles. The van der Waals surface area contributed by atoms with E-state index in [1.807, 2.05) is 36.4 Å². The maximum absolute atomic E-state index is 5.06. The molecule has 0 saturated heterocycles. The molecular formula is C60H41N5. The highest BCUT2D eigenvalue weighted by Gasteiger charge is 2.36. The third-order valence-corrected chi connectivity index (χ3v) is 13.6. The van der Waals surface area contributed by atoms with E-state index in [1.165, 1.54) is 82.7 Å². The molecule has 0 amide bonds. The average Bonchev–Trinajstić information content (AvgIpc) is 3.96. The largest absolute Gasteiger partial charge is 0.309 e.